The van der Waals surface area contributed by atoms with Crippen molar-refractivity contribution >= 4 is 8.58 Å². The maximum atomic E-state index is 3.31. The van der Waals surface area contributed by atoms with Crippen molar-refractivity contribution in [3.05, 3.63) is 0 Å². The van der Waals surface area contributed by atoms with Crippen LogP contribution in [0, 0.1) is 0 Å². The molecule has 1 N–H and O–H groups in total. The van der Waals surface area contributed by atoms with Crippen LogP contribution in [-0.2, 0) is 0 Å². The molecule has 0 radical (unpaired) electrons. The van der Waals surface area contributed by atoms with Crippen LogP contribution < -0.4 is 5.32 Å². The van der Waals surface area contributed by atoms with Gasteiger partial charge in [-0.05, 0) is 8.58 Å². The van der Waals surface area contributed by atoms with Gasteiger partial charge in [0.25, 0.3) is 0 Å². The number of rotatable bonds is 0. The summed E-state index contributed by atoms with van der Waals surface area (Å²) in [6.07, 6.45) is 2.94. The topological polar surface area (TPSA) is 12.0 Å². The predicted molar refractivity (Wildman–Crippen MR) is 32.3 cm³/mol. The molecule has 1 nitrogen and oxygen atoms in total. The quantitative estimate of drug-likeness (QED) is 0.426. The molecule has 0 spiro atoms. The van der Waals surface area contributed by atoms with Crippen LogP contribution in [0.3, 0.4) is 0 Å². The lowest BCUT2D eigenvalue weighted by molar-refractivity contribution is 0.752. The smallest absolute Gasteiger partial charge is 0.0674 e. The summed E-state index contributed by atoms with van der Waals surface area (Å²) in [6.45, 7) is 2.57. The fourth-order valence-corrected chi connectivity index (χ4v) is 1.78. The molecule has 1 rings (SSSR count). The van der Waals surface area contributed by atoms with E-state index in [4.69, 9.17) is 0 Å². The van der Waals surface area contributed by atoms with Gasteiger partial charge in [-0.3, -0.25) is 0 Å². The monoisotopic (exact) mass is 104 g/mol. The number of nitrogens with one attached hydrogen (secondary N) is 1. The summed E-state index contributed by atoms with van der Waals surface area (Å²) in [7, 11) is 0.843. The highest BCUT2D eigenvalue weighted by Gasteiger charge is 1.99. The summed E-state index contributed by atoms with van der Waals surface area (Å²) in [4.78, 5) is 0. The van der Waals surface area contributed by atoms with Crippen molar-refractivity contribution in [1.82, 2.24) is 5.32 Å². The first-order chi connectivity index (χ1) is 3.00. The van der Waals surface area contributed by atoms with Gasteiger partial charge in [0.05, 0.1) is 12.3 Å². The average Bonchev–Trinajstić information content (AvgIpc) is 1.72. The molecule has 0 saturated carbocycles. The summed E-state index contributed by atoms with van der Waals surface area (Å²) >= 11 is 0. The molecule has 0 amide bonds. The van der Waals surface area contributed by atoms with Crippen molar-refractivity contribution in [3.63, 3.8) is 0 Å². The van der Waals surface area contributed by atoms with E-state index in [-0.39, 0.29) is 0 Å². The van der Waals surface area contributed by atoms with Crippen LogP contribution >= 0.6 is 8.58 Å². The van der Waals surface area contributed by atoms with E-state index in [2.05, 4.69) is 5.32 Å². The Morgan fingerprint density at radius 3 is 2.00 bits per heavy atom. The average molecular weight is 104 g/mol. The predicted octanol–water partition coefficient (Wildman–Crippen LogP) is 0.000400. The van der Waals surface area contributed by atoms with Crippen molar-refractivity contribution < 1.29 is 0 Å². The summed E-state index contributed by atoms with van der Waals surface area (Å²) in [5, 5.41) is 3.31. The minimum atomic E-state index is 0.843. The van der Waals surface area contributed by atoms with Gasteiger partial charge < -0.3 is 5.32 Å². The van der Waals surface area contributed by atoms with Gasteiger partial charge >= 0.3 is 0 Å². The molecule has 1 aliphatic rings. The lowest BCUT2D eigenvalue weighted by Crippen LogP contribution is -2.23. The van der Waals surface area contributed by atoms with Crippen LogP contribution in [0.4, 0.5) is 0 Å². The first-order valence-corrected chi connectivity index (χ1v) is 4.16. The fourth-order valence-electron chi connectivity index (χ4n) is 0.678. The van der Waals surface area contributed by atoms with Crippen LogP contribution in [0.15, 0.2) is 0 Å². The van der Waals surface area contributed by atoms with Gasteiger partial charge in [0.2, 0.25) is 0 Å². The van der Waals surface area contributed by atoms with Gasteiger partial charge in [-0.2, -0.15) is 0 Å². The van der Waals surface area contributed by atoms with Crippen LogP contribution in [0.2, 0.25) is 0 Å². The Kier molecular flexibility index (Phi) is 1.93. The normalized spacial score (nSPS) is 24.0. The maximum Gasteiger partial charge on any atom is 0.0674 e. The standard InChI is InChI=1S/C4H10NP/c1-3-6-4-2-5-1/h5-6H,1-4H2/p+1. The molecule has 0 atom stereocenters. The fraction of sp³-hybridized carbons (Fsp3) is 1.00. The third kappa shape index (κ3) is 1.24. The minimum absolute atomic E-state index is 0.843. The van der Waals surface area contributed by atoms with Crippen LogP contribution in [-0.4, -0.2) is 25.4 Å². The van der Waals surface area contributed by atoms with E-state index in [0.29, 0.717) is 0 Å². The van der Waals surface area contributed by atoms with Gasteiger partial charge in [-0.15, -0.1) is 0 Å². The summed E-state index contributed by atoms with van der Waals surface area (Å²) < 4.78 is 0. The molecule has 6 heavy (non-hydrogen) atoms. The summed E-state index contributed by atoms with van der Waals surface area (Å²) in [5.41, 5.74) is 0. The Labute approximate surface area is 40.3 Å². The molecule has 0 unspecified atom stereocenters. The Morgan fingerprint density at radius 2 is 1.83 bits per heavy atom. The molecule has 0 aromatic heterocycles. The molecule has 0 bridgehead atoms. The SMILES string of the molecule is C1C[PH2+]CCN1. The second-order valence-electron chi connectivity index (χ2n) is 1.62. The molecule has 1 aliphatic heterocycles. The maximum absolute atomic E-state index is 3.31. The van der Waals surface area contributed by atoms with Gasteiger partial charge in [0, 0.05) is 13.1 Å². The van der Waals surface area contributed by atoms with E-state index in [1.807, 2.05) is 0 Å². The highest BCUT2D eigenvalue weighted by Crippen LogP contribution is 2.08. The van der Waals surface area contributed by atoms with Crippen LogP contribution in [0.1, 0.15) is 0 Å². The first kappa shape index (κ1) is 4.55. The molecule has 0 aliphatic carbocycles. The minimum Gasteiger partial charge on any atom is -0.310 e. The first-order valence-electron chi connectivity index (χ1n) is 2.52. The van der Waals surface area contributed by atoms with E-state index in [1.165, 1.54) is 25.4 Å². The van der Waals surface area contributed by atoms with E-state index in [1.54, 1.807) is 0 Å². The van der Waals surface area contributed by atoms with Crippen molar-refractivity contribution in [2.75, 3.05) is 25.4 Å². The third-order valence-electron chi connectivity index (χ3n) is 1.05. The van der Waals surface area contributed by atoms with Gasteiger partial charge in [0.15, 0.2) is 0 Å². The molecule has 1 fully saturated rings. The second-order valence-corrected chi connectivity index (χ2v) is 3.35. The van der Waals surface area contributed by atoms with Crippen molar-refractivity contribution in [2.24, 2.45) is 0 Å². The number of hydrogen-bond acceptors (Lipinski definition) is 1. The molecule has 0 aromatic carbocycles. The Morgan fingerprint density at radius 1 is 1.17 bits per heavy atom. The largest absolute Gasteiger partial charge is 0.310 e. The summed E-state index contributed by atoms with van der Waals surface area (Å²) in [5.74, 6) is 0. The molecule has 0 aromatic rings. The van der Waals surface area contributed by atoms with E-state index in [9.17, 15) is 0 Å². The zero-order valence-corrected chi connectivity index (χ0v) is 5.06. The lowest BCUT2D eigenvalue weighted by atomic mass is 10.6. The van der Waals surface area contributed by atoms with Gasteiger partial charge in [-0.1, -0.05) is 0 Å². The van der Waals surface area contributed by atoms with Crippen molar-refractivity contribution in [2.45, 2.75) is 0 Å². The van der Waals surface area contributed by atoms with E-state index in [0.717, 1.165) is 8.58 Å². The van der Waals surface area contributed by atoms with E-state index < -0.39 is 0 Å². The Hall–Kier alpha value is 0.390. The lowest BCUT2D eigenvalue weighted by Gasteiger charge is -2.03. The highest BCUT2D eigenvalue weighted by molar-refractivity contribution is 7.38. The highest BCUT2D eigenvalue weighted by atomic mass is 31.1. The number of hydrogen-bond donors (Lipinski definition) is 1. The van der Waals surface area contributed by atoms with Gasteiger partial charge in [-0.25, -0.2) is 0 Å². The molecular formula is C4H11NP+. The molecule has 36 valence electrons. The zero-order chi connectivity index (χ0) is 4.24. The molecule has 1 saturated heterocycles. The Bertz CT molecular complexity index is 23.0. The molecule has 1 heterocycles. The van der Waals surface area contributed by atoms with Crippen LogP contribution in [0.25, 0.3) is 0 Å². The van der Waals surface area contributed by atoms with E-state index >= 15 is 0 Å². The van der Waals surface area contributed by atoms with Crippen LogP contribution in [0.5, 0.6) is 0 Å². The third-order valence-corrected chi connectivity index (χ3v) is 2.44. The summed E-state index contributed by atoms with van der Waals surface area (Å²) in [6, 6.07) is 0. The molecule has 2 heteroatoms. The second kappa shape index (κ2) is 2.54. The van der Waals surface area contributed by atoms with Gasteiger partial charge in [0.1, 0.15) is 0 Å². The Balaban J connectivity index is 2.00. The zero-order valence-electron chi connectivity index (χ0n) is 3.91. The van der Waals surface area contributed by atoms with Crippen molar-refractivity contribution in [3.8, 4) is 0 Å². The molecular weight excluding hydrogens is 93.0 g/mol. The van der Waals surface area contributed by atoms with Crippen molar-refractivity contribution in [1.29, 1.82) is 0 Å².